The molecule has 3 heterocycles. The third-order valence-electron chi connectivity index (χ3n) is 5.07. The number of hydrogen-bond donors (Lipinski definition) is 0. The molecule has 2 fully saturated rings. The van der Waals surface area contributed by atoms with Crippen molar-refractivity contribution in [3.8, 4) is 0 Å². The van der Waals surface area contributed by atoms with Crippen LogP contribution in [0.5, 0.6) is 0 Å². The van der Waals surface area contributed by atoms with E-state index in [1.807, 2.05) is 34.9 Å². The SMILES string of the molecule is CCn1c(SCC(=O)N2CSC[C@H]2C(=O)N2CCSCC2)nc2ccccc21. The lowest BCUT2D eigenvalue weighted by atomic mass is 10.2. The maximum Gasteiger partial charge on any atom is 0.246 e. The van der Waals surface area contributed by atoms with Crippen LogP contribution < -0.4 is 0 Å². The second kappa shape index (κ2) is 9.00. The van der Waals surface area contributed by atoms with Crippen LogP contribution >= 0.6 is 35.3 Å². The molecule has 28 heavy (non-hydrogen) atoms. The van der Waals surface area contributed by atoms with E-state index >= 15 is 0 Å². The Balaban J connectivity index is 1.42. The van der Waals surface area contributed by atoms with Gasteiger partial charge in [0.05, 0.1) is 22.7 Å². The molecule has 0 spiro atoms. The Hall–Kier alpha value is -1.32. The highest BCUT2D eigenvalue weighted by Gasteiger charge is 2.37. The monoisotopic (exact) mass is 436 g/mol. The van der Waals surface area contributed by atoms with Crippen LogP contribution in [0.25, 0.3) is 11.0 Å². The normalized spacial score (nSPS) is 20.1. The van der Waals surface area contributed by atoms with Crippen molar-refractivity contribution in [2.24, 2.45) is 0 Å². The van der Waals surface area contributed by atoms with Gasteiger partial charge in [-0.3, -0.25) is 9.59 Å². The molecule has 0 bridgehead atoms. The van der Waals surface area contributed by atoms with Crippen LogP contribution in [0.3, 0.4) is 0 Å². The molecular weight excluding hydrogens is 412 g/mol. The van der Waals surface area contributed by atoms with Gasteiger partial charge in [0.2, 0.25) is 11.8 Å². The first-order valence-corrected chi connectivity index (χ1v) is 12.8. The van der Waals surface area contributed by atoms with Crippen LogP contribution in [0.15, 0.2) is 29.4 Å². The maximum absolute atomic E-state index is 12.9. The van der Waals surface area contributed by atoms with E-state index in [0.717, 1.165) is 47.3 Å². The van der Waals surface area contributed by atoms with E-state index in [0.29, 0.717) is 17.4 Å². The van der Waals surface area contributed by atoms with E-state index in [1.54, 1.807) is 16.7 Å². The molecule has 2 aromatic rings. The highest BCUT2D eigenvalue weighted by molar-refractivity contribution is 8.00. The van der Waals surface area contributed by atoms with Gasteiger partial charge < -0.3 is 14.4 Å². The fourth-order valence-electron chi connectivity index (χ4n) is 3.57. The van der Waals surface area contributed by atoms with Crippen molar-refractivity contribution in [1.82, 2.24) is 19.4 Å². The summed E-state index contributed by atoms with van der Waals surface area (Å²) < 4.78 is 2.14. The predicted octanol–water partition coefficient (Wildman–Crippen LogP) is 2.63. The minimum absolute atomic E-state index is 0.0226. The van der Waals surface area contributed by atoms with Crippen LogP contribution in [0.2, 0.25) is 0 Å². The number of hydrogen-bond acceptors (Lipinski definition) is 6. The fourth-order valence-corrected chi connectivity index (χ4v) is 6.61. The zero-order valence-electron chi connectivity index (χ0n) is 15.9. The largest absolute Gasteiger partial charge is 0.339 e. The molecule has 9 heteroatoms. The Morgan fingerprint density at radius 1 is 1.21 bits per heavy atom. The molecule has 0 unspecified atom stereocenters. The van der Waals surface area contributed by atoms with E-state index in [-0.39, 0.29) is 17.9 Å². The van der Waals surface area contributed by atoms with Crippen LogP contribution in [0, 0.1) is 0 Å². The van der Waals surface area contributed by atoms with Crippen molar-refractivity contribution >= 4 is 58.1 Å². The number of imidazole rings is 1. The Morgan fingerprint density at radius 2 is 2.00 bits per heavy atom. The quantitative estimate of drug-likeness (QED) is 0.672. The third-order valence-corrected chi connectivity index (χ3v) is 7.99. The number of carbonyl (C=O) groups is 2. The summed E-state index contributed by atoms with van der Waals surface area (Å²) in [5.41, 5.74) is 2.04. The van der Waals surface area contributed by atoms with Gasteiger partial charge in [0.15, 0.2) is 5.16 Å². The fraction of sp³-hybridized carbons (Fsp3) is 0.526. The number of nitrogens with zero attached hydrogens (tertiary/aromatic N) is 4. The highest BCUT2D eigenvalue weighted by atomic mass is 32.2. The molecule has 1 aromatic carbocycles. The summed E-state index contributed by atoms with van der Waals surface area (Å²) in [6.07, 6.45) is 0. The number of benzene rings is 1. The molecule has 0 saturated carbocycles. The topological polar surface area (TPSA) is 58.4 Å². The van der Waals surface area contributed by atoms with Crippen LogP contribution in [0.4, 0.5) is 0 Å². The Labute approximate surface area is 177 Å². The van der Waals surface area contributed by atoms with Crippen LogP contribution in [-0.2, 0) is 16.1 Å². The lowest BCUT2D eigenvalue weighted by Gasteiger charge is -2.32. The highest BCUT2D eigenvalue weighted by Crippen LogP contribution is 2.27. The van der Waals surface area contributed by atoms with Crippen molar-refractivity contribution < 1.29 is 9.59 Å². The van der Waals surface area contributed by atoms with E-state index in [9.17, 15) is 9.59 Å². The molecular formula is C19H24N4O2S3. The predicted molar refractivity (Wildman–Crippen MR) is 118 cm³/mol. The summed E-state index contributed by atoms with van der Waals surface area (Å²) in [5.74, 6) is 3.72. The number of amides is 2. The third kappa shape index (κ3) is 4.02. The second-order valence-electron chi connectivity index (χ2n) is 6.73. The van der Waals surface area contributed by atoms with Gasteiger partial charge in [0.1, 0.15) is 6.04 Å². The van der Waals surface area contributed by atoms with Gasteiger partial charge in [-0.25, -0.2) is 4.98 Å². The minimum atomic E-state index is -0.314. The first-order valence-electron chi connectivity index (χ1n) is 9.51. The molecule has 2 amide bonds. The second-order valence-corrected chi connectivity index (χ2v) is 9.90. The summed E-state index contributed by atoms with van der Waals surface area (Å²) in [6, 6.07) is 7.72. The van der Waals surface area contributed by atoms with Crippen molar-refractivity contribution in [2.75, 3.05) is 42.0 Å². The van der Waals surface area contributed by atoms with Gasteiger partial charge in [-0.1, -0.05) is 23.9 Å². The zero-order chi connectivity index (χ0) is 19.5. The summed E-state index contributed by atoms with van der Waals surface area (Å²) in [7, 11) is 0. The number of rotatable bonds is 5. The van der Waals surface area contributed by atoms with E-state index in [1.165, 1.54) is 11.8 Å². The Bertz CT molecular complexity index is 866. The first-order chi connectivity index (χ1) is 13.7. The molecule has 0 aliphatic carbocycles. The lowest BCUT2D eigenvalue weighted by molar-refractivity contribution is -0.141. The summed E-state index contributed by atoms with van der Waals surface area (Å²) in [5, 5.41) is 0.861. The molecule has 2 aliphatic heterocycles. The smallest absolute Gasteiger partial charge is 0.246 e. The van der Waals surface area contributed by atoms with Gasteiger partial charge in [-0.15, -0.1) is 11.8 Å². The average molecular weight is 437 g/mol. The van der Waals surface area contributed by atoms with Crippen LogP contribution in [-0.4, -0.2) is 79.2 Å². The van der Waals surface area contributed by atoms with Gasteiger partial charge in [0.25, 0.3) is 0 Å². The van der Waals surface area contributed by atoms with Crippen molar-refractivity contribution in [2.45, 2.75) is 24.7 Å². The van der Waals surface area contributed by atoms with Gasteiger partial charge in [-0.05, 0) is 19.1 Å². The molecule has 2 saturated heterocycles. The van der Waals surface area contributed by atoms with Crippen molar-refractivity contribution in [3.05, 3.63) is 24.3 Å². The molecule has 1 aromatic heterocycles. The Morgan fingerprint density at radius 3 is 2.79 bits per heavy atom. The number of aromatic nitrogens is 2. The van der Waals surface area contributed by atoms with E-state index in [2.05, 4.69) is 22.5 Å². The van der Waals surface area contributed by atoms with Gasteiger partial charge >= 0.3 is 0 Å². The number of thioether (sulfide) groups is 3. The van der Waals surface area contributed by atoms with Gasteiger partial charge in [0, 0.05) is 36.9 Å². The zero-order valence-corrected chi connectivity index (χ0v) is 18.3. The number of fused-ring (bicyclic) bond motifs is 1. The molecule has 2 aliphatic rings. The molecule has 6 nitrogen and oxygen atoms in total. The minimum Gasteiger partial charge on any atom is -0.339 e. The first kappa shape index (κ1) is 20.0. The summed E-state index contributed by atoms with van der Waals surface area (Å²) in [4.78, 5) is 34.2. The molecule has 4 rings (SSSR count). The maximum atomic E-state index is 12.9. The number of para-hydroxylation sites is 2. The van der Waals surface area contributed by atoms with Crippen molar-refractivity contribution in [1.29, 1.82) is 0 Å². The van der Waals surface area contributed by atoms with E-state index in [4.69, 9.17) is 0 Å². The molecule has 0 radical (unpaired) electrons. The molecule has 0 N–H and O–H groups in total. The van der Waals surface area contributed by atoms with Gasteiger partial charge in [-0.2, -0.15) is 11.8 Å². The molecule has 1 atom stereocenters. The van der Waals surface area contributed by atoms with Crippen molar-refractivity contribution in [3.63, 3.8) is 0 Å². The standard InChI is InChI=1S/C19H24N4O2S3/c1-2-22-15-6-4-3-5-14(15)20-19(22)28-12-17(24)23-13-27-11-16(23)18(25)21-7-9-26-10-8-21/h3-6,16H,2,7-13H2,1H3/t16-/m0/s1. The lowest BCUT2D eigenvalue weighted by Crippen LogP contribution is -2.51. The van der Waals surface area contributed by atoms with Crippen LogP contribution in [0.1, 0.15) is 6.92 Å². The summed E-state index contributed by atoms with van der Waals surface area (Å²) >= 11 is 5.02. The average Bonchev–Trinajstić information content (AvgIpc) is 3.36. The summed E-state index contributed by atoms with van der Waals surface area (Å²) in [6.45, 7) is 4.48. The van der Waals surface area contributed by atoms with E-state index < -0.39 is 0 Å². The molecule has 150 valence electrons. The number of aryl methyl sites for hydroxylation is 1. The number of carbonyl (C=O) groups excluding carboxylic acids is 2. The Kier molecular flexibility index (Phi) is 6.42.